The third kappa shape index (κ3) is 3.48. The topological polar surface area (TPSA) is 76.4 Å². The molecule has 1 aromatic heterocycles. The molecule has 1 aliphatic rings. The van der Waals surface area contributed by atoms with Crippen molar-refractivity contribution >= 4 is 5.91 Å². The summed E-state index contributed by atoms with van der Waals surface area (Å²) in [6, 6.07) is 7.29. The fourth-order valence-electron chi connectivity index (χ4n) is 2.46. The number of piperazine rings is 1. The van der Waals surface area contributed by atoms with Gasteiger partial charge in [0.1, 0.15) is 12.4 Å². The molecule has 8 heteroatoms. The number of amides is 1. The minimum Gasteiger partial charge on any atom is -0.485 e. The summed E-state index contributed by atoms with van der Waals surface area (Å²) in [6.07, 6.45) is 0. The van der Waals surface area contributed by atoms with Crippen molar-refractivity contribution in [1.82, 2.24) is 30.0 Å². The number of ether oxygens (including phenoxy) is 1. The second-order valence-corrected chi connectivity index (χ2v) is 5.60. The zero-order chi connectivity index (χ0) is 16.2. The number of para-hydroxylation sites is 1. The molecule has 0 unspecified atom stereocenters. The lowest BCUT2D eigenvalue weighted by Gasteiger charge is -2.32. The molecule has 1 aliphatic heterocycles. The number of hydrogen-bond donors (Lipinski definition) is 0. The summed E-state index contributed by atoms with van der Waals surface area (Å²) in [4.78, 5) is 16.8. The van der Waals surface area contributed by atoms with Gasteiger partial charge in [0.2, 0.25) is 0 Å². The first-order valence-corrected chi connectivity index (χ1v) is 7.56. The molecule has 8 nitrogen and oxygen atoms in total. The van der Waals surface area contributed by atoms with Gasteiger partial charge < -0.3 is 14.5 Å². The number of nitrogens with zero attached hydrogens (tertiary/aromatic N) is 6. The third-order valence-electron chi connectivity index (χ3n) is 3.97. The van der Waals surface area contributed by atoms with Crippen LogP contribution in [-0.2, 0) is 13.7 Å². The van der Waals surface area contributed by atoms with Gasteiger partial charge in [-0.2, -0.15) is 0 Å². The number of likely N-dealkylation sites (N-methyl/N-ethyl adjacent to an activating group) is 1. The largest absolute Gasteiger partial charge is 0.485 e. The minimum atomic E-state index is 0.00444. The number of carbonyl (C=O) groups excluding carboxylic acids is 1. The predicted molar refractivity (Wildman–Crippen MR) is 83.0 cm³/mol. The summed E-state index contributed by atoms with van der Waals surface area (Å²) < 4.78 is 7.32. The summed E-state index contributed by atoms with van der Waals surface area (Å²) in [5, 5.41) is 11.2. The number of aromatic nitrogens is 4. The molecule has 0 saturated carbocycles. The molecule has 122 valence electrons. The van der Waals surface area contributed by atoms with Crippen LogP contribution in [0.5, 0.6) is 5.75 Å². The van der Waals surface area contributed by atoms with Crippen LogP contribution in [0.3, 0.4) is 0 Å². The molecule has 0 N–H and O–H groups in total. The van der Waals surface area contributed by atoms with Gasteiger partial charge in [0.15, 0.2) is 5.82 Å². The van der Waals surface area contributed by atoms with Crippen LogP contribution in [0.15, 0.2) is 24.3 Å². The van der Waals surface area contributed by atoms with Crippen LogP contribution in [0, 0.1) is 0 Å². The molecular weight excluding hydrogens is 296 g/mol. The van der Waals surface area contributed by atoms with E-state index in [1.807, 2.05) is 17.0 Å². The number of aryl methyl sites for hydroxylation is 1. The molecule has 1 saturated heterocycles. The molecule has 1 aromatic carbocycles. The first-order valence-electron chi connectivity index (χ1n) is 7.56. The number of rotatable bonds is 4. The SMILES string of the molecule is CN1CCN(C(=O)c2ccccc2OCc2nnnn2C)CC1. The number of carbonyl (C=O) groups is 1. The van der Waals surface area contributed by atoms with Crippen molar-refractivity contribution in [3.8, 4) is 5.75 Å². The summed E-state index contributed by atoms with van der Waals surface area (Å²) in [5.41, 5.74) is 0.576. The van der Waals surface area contributed by atoms with E-state index in [1.54, 1.807) is 23.9 Å². The molecule has 0 spiro atoms. The monoisotopic (exact) mass is 316 g/mol. The highest BCUT2D eigenvalue weighted by Gasteiger charge is 2.23. The normalized spacial score (nSPS) is 15.7. The van der Waals surface area contributed by atoms with Crippen molar-refractivity contribution < 1.29 is 9.53 Å². The van der Waals surface area contributed by atoms with Gasteiger partial charge in [-0.25, -0.2) is 4.68 Å². The van der Waals surface area contributed by atoms with Gasteiger partial charge in [-0.3, -0.25) is 4.79 Å². The summed E-state index contributed by atoms with van der Waals surface area (Å²) in [7, 11) is 3.81. The van der Waals surface area contributed by atoms with E-state index in [9.17, 15) is 4.79 Å². The Morgan fingerprint density at radius 3 is 2.61 bits per heavy atom. The Hall–Kier alpha value is -2.48. The van der Waals surface area contributed by atoms with E-state index in [2.05, 4.69) is 27.5 Å². The van der Waals surface area contributed by atoms with Crippen LogP contribution in [-0.4, -0.2) is 69.1 Å². The van der Waals surface area contributed by atoms with Crippen molar-refractivity contribution in [2.75, 3.05) is 33.2 Å². The standard InChI is InChI=1S/C15H20N6O2/c1-19-7-9-21(10-8-19)15(22)12-5-3-4-6-13(12)23-11-14-16-17-18-20(14)2/h3-6H,7-11H2,1-2H3. The maximum atomic E-state index is 12.7. The van der Waals surface area contributed by atoms with Crippen LogP contribution in [0.1, 0.15) is 16.2 Å². The van der Waals surface area contributed by atoms with Crippen molar-refractivity contribution in [2.24, 2.45) is 7.05 Å². The Bertz CT molecular complexity index is 678. The lowest BCUT2D eigenvalue weighted by Crippen LogP contribution is -2.47. The van der Waals surface area contributed by atoms with E-state index in [4.69, 9.17) is 4.74 Å². The lowest BCUT2D eigenvalue weighted by molar-refractivity contribution is 0.0659. The van der Waals surface area contributed by atoms with E-state index in [1.165, 1.54) is 0 Å². The van der Waals surface area contributed by atoms with Gasteiger partial charge in [0.25, 0.3) is 5.91 Å². The third-order valence-corrected chi connectivity index (χ3v) is 3.97. The molecule has 2 heterocycles. The van der Waals surface area contributed by atoms with E-state index in [0.717, 1.165) is 26.2 Å². The van der Waals surface area contributed by atoms with E-state index < -0.39 is 0 Å². The minimum absolute atomic E-state index is 0.00444. The van der Waals surface area contributed by atoms with Gasteiger partial charge in [-0.05, 0) is 29.6 Å². The van der Waals surface area contributed by atoms with Gasteiger partial charge in [0.05, 0.1) is 5.56 Å². The molecule has 0 radical (unpaired) electrons. The molecule has 0 bridgehead atoms. The number of benzene rings is 1. The van der Waals surface area contributed by atoms with Crippen molar-refractivity contribution in [1.29, 1.82) is 0 Å². The van der Waals surface area contributed by atoms with Gasteiger partial charge >= 0.3 is 0 Å². The van der Waals surface area contributed by atoms with Gasteiger partial charge in [0, 0.05) is 33.2 Å². The van der Waals surface area contributed by atoms with Crippen molar-refractivity contribution in [2.45, 2.75) is 6.61 Å². The van der Waals surface area contributed by atoms with Gasteiger partial charge in [-0.1, -0.05) is 12.1 Å². The Labute approximate surface area is 134 Å². The maximum Gasteiger partial charge on any atom is 0.257 e. The highest BCUT2D eigenvalue weighted by molar-refractivity contribution is 5.97. The summed E-state index contributed by atoms with van der Waals surface area (Å²) >= 11 is 0. The van der Waals surface area contributed by atoms with Crippen LogP contribution < -0.4 is 4.74 Å². The lowest BCUT2D eigenvalue weighted by atomic mass is 10.1. The molecule has 1 fully saturated rings. The fourth-order valence-corrected chi connectivity index (χ4v) is 2.46. The average molecular weight is 316 g/mol. The average Bonchev–Trinajstić information content (AvgIpc) is 2.98. The molecule has 2 aromatic rings. The molecule has 3 rings (SSSR count). The molecule has 23 heavy (non-hydrogen) atoms. The quantitative estimate of drug-likeness (QED) is 0.801. The number of tetrazole rings is 1. The summed E-state index contributed by atoms with van der Waals surface area (Å²) in [6.45, 7) is 3.46. The maximum absolute atomic E-state index is 12.7. The molecule has 0 aliphatic carbocycles. The smallest absolute Gasteiger partial charge is 0.257 e. The zero-order valence-corrected chi connectivity index (χ0v) is 13.3. The Kier molecular flexibility index (Phi) is 4.52. The van der Waals surface area contributed by atoms with Crippen LogP contribution in [0.25, 0.3) is 0 Å². The Morgan fingerprint density at radius 2 is 1.91 bits per heavy atom. The van der Waals surface area contributed by atoms with Crippen molar-refractivity contribution in [3.05, 3.63) is 35.7 Å². The highest BCUT2D eigenvalue weighted by atomic mass is 16.5. The first-order chi connectivity index (χ1) is 11.1. The number of hydrogen-bond acceptors (Lipinski definition) is 6. The Morgan fingerprint density at radius 1 is 1.17 bits per heavy atom. The van der Waals surface area contributed by atoms with Crippen LogP contribution in [0.4, 0.5) is 0 Å². The van der Waals surface area contributed by atoms with Gasteiger partial charge in [-0.15, -0.1) is 5.10 Å². The van der Waals surface area contributed by atoms with Crippen LogP contribution >= 0.6 is 0 Å². The molecular formula is C15H20N6O2. The second kappa shape index (κ2) is 6.74. The zero-order valence-electron chi connectivity index (χ0n) is 13.3. The van der Waals surface area contributed by atoms with E-state index in [-0.39, 0.29) is 12.5 Å². The summed E-state index contributed by atoms with van der Waals surface area (Å²) in [5.74, 6) is 1.16. The molecule has 1 amide bonds. The van der Waals surface area contributed by atoms with Crippen LogP contribution in [0.2, 0.25) is 0 Å². The Balaban J connectivity index is 1.72. The van der Waals surface area contributed by atoms with Crippen molar-refractivity contribution in [3.63, 3.8) is 0 Å². The van der Waals surface area contributed by atoms with E-state index in [0.29, 0.717) is 17.1 Å². The van der Waals surface area contributed by atoms with E-state index >= 15 is 0 Å². The molecule has 0 atom stereocenters. The predicted octanol–water partition coefficient (Wildman–Crippen LogP) is 0.177. The highest BCUT2D eigenvalue weighted by Crippen LogP contribution is 2.21. The second-order valence-electron chi connectivity index (χ2n) is 5.60. The fraction of sp³-hybridized carbons (Fsp3) is 0.467. The first kappa shape index (κ1) is 15.4.